The van der Waals surface area contributed by atoms with Crippen LogP contribution in [0.1, 0.15) is 13.3 Å². The summed E-state index contributed by atoms with van der Waals surface area (Å²) in [6, 6.07) is 10.0. The van der Waals surface area contributed by atoms with Gasteiger partial charge < -0.3 is 14.9 Å². The molecule has 1 amide bonds. The first kappa shape index (κ1) is 13.5. The predicted molar refractivity (Wildman–Crippen MR) is 78.4 cm³/mol. The summed E-state index contributed by atoms with van der Waals surface area (Å²) < 4.78 is 2.60. The smallest absolute Gasteiger partial charge is 0.221 e. The zero-order valence-corrected chi connectivity index (χ0v) is 11.7. The van der Waals surface area contributed by atoms with Crippen molar-refractivity contribution >= 4 is 18.1 Å². The minimum Gasteiger partial charge on any atom is -0.356 e. The average Bonchev–Trinajstić information content (AvgIpc) is 2.79. The molecular formula is C14H17N3OS. The molecule has 2 aromatic rings. The Hall–Kier alpha value is -1.88. The lowest BCUT2D eigenvalue weighted by molar-refractivity contribution is -0.121. The highest BCUT2D eigenvalue weighted by Crippen LogP contribution is 2.19. The van der Waals surface area contributed by atoms with Crippen molar-refractivity contribution in [1.29, 1.82) is 0 Å². The molecular weight excluding hydrogens is 258 g/mol. The monoisotopic (exact) mass is 275 g/mol. The fourth-order valence-corrected chi connectivity index (χ4v) is 2.21. The van der Waals surface area contributed by atoms with Crippen LogP contribution in [0.25, 0.3) is 11.3 Å². The maximum absolute atomic E-state index is 11.5. The molecule has 0 fully saturated rings. The van der Waals surface area contributed by atoms with Gasteiger partial charge in [-0.2, -0.15) is 0 Å². The van der Waals surface area contributed by atoms with Crippen LogP contribution in [0.4, 0.5) is 0 Å². The number of rotatable bonds is 5. The van der Waals surface area contributed by atoms with Gasteiger partial charge in [0.15, 0.2) is 4.77 Å². The molecule has 0 spiro atoms. The van der Waals surface area contributed by atoms with Crippen molar-refractivity contribution < 1.29 is 4.79 Å². The third kappa shape index (κ3) is 3.32. The summed E-state index contributed by atoms with van der Waals surface area (Å²) in [5.74, 6) is 0.0459. The second-order valence-electron chi connectivity index (χ2n) is 4.20. The van der Waals surface area contributed by atoms with Gasteiger partial charge in [0.2, 0.25) is 5.91 Å². The van der Waals surface area contributed by atoms with Crippen molar-refractivity contribution in [3.63, 3.8) is 0 Å². The standard InChI is InChI=1S/C14H17N3OS/c1-2-15-13(18)8-9-17-12(10-16-14(17)19)11-6-4-3-5-7-11/h3-7,10H,2,8-9H2,1H3,(H,15,18)(H,16,19). The average molecular weight is 275 g/mol. The number of aromatic amines is 1. The molecule has 19 heavy (non-hydrogen) atoms. The van der Waals surface area contributed by atoms with Crippen molar-refractivity contribution in [2.24, 2.45) is 0 Å². The molecule has 0 unspecified atom stereocenters. The van der Waals surface area contributed by atoms with E-state index in [1.807, 2.05) is 48.0 Å². The molecule has 2 N–H and O–H groups in total. The summed E-state index contributed by atoms with van der Waals surface area (Å²) in [5.41, 5.74) is 2.10. The van der Waals surface area contributed by atoms with E-state index in [9.17, 15) is 4.79 Å². The van der Waals surface area contributed by atoms with Gasteiger partial charge in [0.25, 0.3) is 0 Å². The molecule has 0 radical (unpaired) electrons. The summed E-state index contributed by atoms with van der Waals surface area (Å²) in [6.45, 7) is 3.15. The van der Waals surface area contributed by atoms with Crippen LogP contribution in [0.3, 0.4) is 0 Å². The fourth-order valence-electron chi connectivity index (χ4n) is 1.96. The Kier molecular flexibility index (Phi) is 4.52. The number of carbonyl (C=O) groups excluding carboxylic acids is 1. The van der Waals surface area contributed by atoms with Gasteiger partial charge >= 0.3 is 0 Å². The molecule has 0 aliphatic heterocycles. The van der Waals surface area contributed by atoms with Crippen LogP contribution in [0.5, 0.6) is 0 Å². The summed E-state index contributed by atoms with van der Waals surface area (Å²) in [4.78, 5) is 14.6. The van der Waals surface area contributed by atoms with Crippen molar-refractivity contribution in [1.82, 2.24) is 14.9 Å². The van der Waals surface area contributed by atoms with E-state index in [2.05, 4.69) is 10.3 Å². The SMILES string of the molecule is CCNC(=O)CCn1c(-c2ccccc2)c[nH]c1=S. The fraction of sp³-hybridized carbons (Fsp3) is 0.286. The third-order valence-corrected chi connectivity index (χ3v) is 3.21. The minimum absolute atomic E-state index is 0.0459. The quantitative estimate of drug-likeness (QED) is 0.824. The molecule has 1 aromatic heterocycles. The largest absolute Gasteiger partial charge is 0.356 e. The highest BCUT2D eigenvalue weighted by molar-refractivity contribution is 7.71. The summed E-state index contributed by atoms with van der Waals surface area (Å²) in [7, 11) is 0. The lowest BCUT2D eigenvalue weighted by Gasteiger charge is -2.08. The zero-order valence-electron chi connectivity index (χ0n) is 10.8. The van der Waals surface area contributed by atoms with Gasteiger partial charge in [-0.3, -0.25) is 4.79 Å². The zero-order chi connectivity index (χ0) is 13.7. The molecule has 5 heteroatoms. The molecule has 2 rings (SSSR count). The first-order valence-electron chi connectivity index (χ1n) is 6.32. The normalized spacial score (nSPS) is 10.4. The number of hydrogen-bond acceptors (Lipinski definition) is 2. The van der Waals surface area contributed by atoms with Crippen LogP contribution in [0, 0.1) is 4.77 Å². The molecule has 100 valence electrons. The number of nitrogens with one attached hydrogen (secondary N) is 2. The van der Waals surface area contributed by atoms with E-state index in [0.717, 1.165) is 11.3 Å². The lowest BCUT2D eigenvalue weighted by atomic mass is 10.2. The maximum Gasteiger partial charge on any atom is 0.221 e. The molecule has 0 atom stereocenters. The van der Waals surface area contributed by atoms with Crippen LogP contribution >= 0.6 is 12.2 Å². The van der Waals surface area contributed by atoms with Crippen LogP contribution in [-0.4, -0.2) is 22.0 Å². The molecule has 1 heterocycles. The summed E-state index contributed by atoms with van der Waals surface area (Å²) in [6.07, 6.45) is 2.31. The second-order valence-corrected chi connectivity index (χ2v) is 4.59. The lowest BCUT2D eigenvalue weighted by Crippen LogP contribution is -2.23. The molecule has 0 aliphatic carbocycles. The van der Waals surface area contributed by atoms with E-state index in [4.69, 9.17) is 12.2 Å². The number of aromatic nitrogens is 2. The Morgan fingerprint density at radius 3 is 2.79 bits per heavy atom. The Morgan fingerprint density at radius 1 is 1.37 bits per heavy atom. The van der Waals surface area contributed by atoms with Crippen molar-refractivity contribution in [3.8, 4) is 11.3 Å². The van der Waals surface area contributed by atoms with Crippen LogP contribution in [0.2, 0.25) is 0 Å². The van der Waals surface area contributed by atoms with Crippen molar-refractivity contribution in [3.05, 3.63) is 41.3 Å². The van der Waals surface area contributed by atoms with E-state index < -0.39 is 0 Å². The Morgan fingerprint density at radius 2 is 2.11 bits per heavy atom. The first-order chi connectivity index (χ1) is 9.22. The van der Waals surface area contributed by atoms with E-state index in [-0.39, 0.29) is 5.91 Å². The summed E-state index contributed by atoms with van der Waals surface area (Å²) >= 11 is 5.27. The number of carbonyl (C=O) groups is 1. The Labute approximate surface area is 117 Å². The van der Waals surface area contributed by atoms with E-state index in [1.165, 1.54) is 0 Å². The predicted octanol–water partition coefficient (Wildman–Crippen LogP) is 2.74. The van der Waals surface area contributed by atoms with Crippen LogP contribution in [0.15, 0.2) is 36.5 Å². The van der Waals surface area contributed by atoms with Crippen LogP contribution in [-0.2, 0) is 11.3 Å². The van der Waals surface area contributed by atoms with E-state index in [1.54, 1.807) is 0 Å². The van der Waals surface area contributed by atoms with Crippen LogP contribution < -0.4 is 5.32 Å². The molecule has 0 saturated heterocycles. The molecule has 0 saturated carbocycles. The van der Waals surface area contributed by atoms with Gasteiger partial charge in [-0.05, 0) is 24.7 Å². The first-order valence-corrected chi connectivity index (χ1v) is 6.73. The van der Waals surface area contributed by atoms with Gasteiger partial charge in [0.05, 0.1) is 5.69 Å². The maximum atomic E-state index is 11.5. The number of amides is 1. The Bertz CT molecular complexity index is 601. The van der Waals surface area contributed by atoms with E-state index in [0.29, 0.717) is 24.3 Å². The Balaban J connectivity index is 2.19. The van der Waals surface area contributed by atoms with Gasteiger partial charge in [0.1, 0.15) is 0 Å². The molecule has 0 aliphatic rings. The topological polar surface area (TPSA) is 49.8 Å². The van der Waals surface area contributed by atoms with Gasteiger partial charge in [-0.15, -0.1) is 0 Å². The van der Waals surface area contributed by atoms with Crippen molar-refractivity contribution in [2.75, 3.05) is 6.54 Å². The number of benzene rings is 1. The molecule has 1 aromatic carbocycles. The minimum atomic E-state index is 0.0459. The van der Waals surface area contributed by atoms with Gasteiger partial charge in [-0.1, -0.05) is 30.3 Å². The number of imidazole rings is 1. The van der Waals surface area contributed by atoms with Gasteiger partial charge in [0, 0.05) is 25.7 Å². The molecule has 4 nitrogen and oxygen atoms in total. The summed E-state index contributed by atoms with van der Waals surface area (Å²) in [5, 5.41) is 2.79. The van der Waals surface area contributed by atoms with Crippen molar-refractivity contribution in [2.45, 2.75) is 19.9 Å². The van der Waals surface area contributed by atoms with Gasteiger partial charge in [-0.25, -0.2) is 0 Å². The molecule has 0 bridgehead atoms. The highest BCUT2D eigenvalue weighted by atomic mass is 32.1. The number of nitrogens with zero attached hydrogens (tertiary/aromatic N) is 1. The third-order valence-electron chi connectivity index (χ3n) is 2.87. The second kappa shape index (κ2) is 6.33. The highest BCUT2D eigenvalue weighted by Gasteiger charge is 2.08. The number of hydrogen-bond donors (Lipinski definition) is 2. The number of H-pyrrole nitrogens is 1. The van der Waals surface area contributed by atoms with E-state index >= 15 is 0 Å².